The predicted octanol–water partition coefficient (Wildman–Crippen LogP) is 6.89. The zero-order valence-electron chi connectivity index (χ0n) is 21.0. The summed E-state index contributed by atoms with van der Waals surface area (Å²) in [6.07, 6.45) is 8.74. The van der Waals surface area contributed by atoms with E-state index in [0.29, 0.717) is 47.6 Å². The number of allylic oxidation sites excluding steroid dienone is 5. The fraction of sp³-hybridized carbons (Fsp3) is 0.233. The average Bonchev–Trinajstić information content (AvgIpc) is 2.90. The number of alkyl halides is 1. The van der Waals surface area contributed by atoms with Gasteiger partial charge < -0.3 is 15.2 Å². The quantitative estimate of drug-likeness (QED) is 0.155. The van der Waals surface area contributed by atoms with Gasteiger partial charge in [-0.05, 0) is 55.5 Å². The van der Waals surface area contributed by atoms with Crippen LogP contribution in [-0.4, -0.2) is 28.7 Å². The van der Waals surface area contributed by atoms with E-state index >= 15 is 0 Å². The van der Waals surface area contributed by atoms with Crippen molar-refractivity contribution in [1.82, 2.24) is 4.98 Å². The summed E-state index contributed by atoms with van der Waals surface area (Å²) in [5.74, 6) is 0.144. The Hall–Kier alpha value is -4.08. The number of hydrogen-bond donors (Lipinski definition) is 2. The van der Waals surface area contributed by atoms with Crippen molar-refractivity contribution in [3.05, 3.63) is 95.7 Å². The van der Waals surface area contributed by atoms with Crippen LogP contribution >= 0.6 is 11.6 Å². The first-order valence-electron chi connectivity index (χ1n) is 12.0. The molecule has 0 radical (unpaired) electrons. The van der Waals surface area contributed by atoms with Crippen LogP contribution in [0.1, 0.15) is 42.7 Å². The van der Waals surface area contributed by atoms with Crippen molar-refractivity contribution in [2.75, 3.05) is 11.9 Å². The molecule has 0 spiro atoms. The molecule has 6 nitrogen and oxygen atoms in total. The third-order valence-electron chi connectivity index (χ3n) is 5.79. The number of nitrogens with zero attached hydrogens (tertiary/aromatic N) is 2. The highest BCUT2D eigenvalue weighted by Gasteiger charge is 2.21. The molecule has 37 heavy (non-hydrogen) atoms. The van der Waals surface area contributed by atoms with Crippen LogP contribution in [0.25, 0.3) is 16.5 Å². The minimum absolute atomic E-state index is 0.280. The summed E-state index contributed by atoms with van der Waals surface area (Å²) in [6.45, 7) is 7.92. The number of hydrogen-bond acceptors (Lipinski definition) is 5. The lowest BCUT2D eigenvalue weighted by molar-refractivity contribution is -0.137. The highest BCUT2D eigenvalue weighted by atomic mass is 35.5. The van der Waals surface area contributed by atoms with E-state index in [-0.39, 0.29) is 5.56 Å². The maximum atomic E-state index is 11.6. The van der Waals surface area contributed by atoms with Crippen molar-refractivity contribution in [3.8, 4) is 11.8 Å². The van der Waals surface area contributed by atoms with Crippen LogP contribution < -0.4 is 10.1 Å². The molecule has 7 heteroatoms. The van der Waals surface area contributed by atoms with Crippen molar-refractivity contribution in [2.45, 2.75) is 38.6 Å². The Kier molecular flexibility index (Phi) is 9.88. The summed E-state index contributed by atoms with van der Waals surface area (Å²) in [7, 11) is 0. The van der Waals surface area contributed by atoms with Crippen LogP contribution in [0.15, 0.2) is 73.3 Å². The first-order chi connectivity index (χ1) is 17.9. The average molecular weight is 516 g/mol. The van der Waals surface area contributed by atoms with Gasteiger partial charge in [-0.15, -0.1) is 11.6 Å². The molecule has 0 amide bonds. The van der Waals surface area contributed by atoms with Crippen molar-refractivity contribution in [3.63, 3.8) is 0 Å². The highest BCUT2D eigenvalue weighted by Crippen LogP contribution is 2.34. The number of nitriles is 1. The van der Waals surface area contributed by atoms with E-state index in [1.165, 1.54) is 6.92 Å². The lowest BCUT2D eigenvalue weighted by Crippen LogP contribution is -2.26. The normalized spacial score (nSPS) is 12.3. The second-order valence-corrected chi connectivity index (χ2v) is 8.63. The number of nitrogens with one attached hydrogen (secondary N) is 1. The third kappa shape index (κ3) is 6.78. The molecule has 0 aliphatic carbocycles. The van der Waals surface area contributed by atoms with Gasteiger partial charge in [0.1, 0.15) is 23.4 Å². The number of aliphatic carboxylic acids is 1. The van der Waals surface area contributed by atoms with Gasteiger partial charge in [0.25, 0.3) is 0 Å². The van der Waals surface area contributed by atoms with Crippen LogP contribution in [0.5, 0.6) is 5.75 Å². The number of ether oxygens (including phenoxy) is 1. The van der Waals surface area contributed by atoms with Gasteiger partial charge in [-0.25, -0.2) is 4.98 Å². The third-order valence-corrected chi connectivity index (χ3v) is 6.09. The number of carboxylic acids is 1. The topological polar surface area (TPSA) is 95.2 Å². The van der Waals surface area contributed by atoms with Crippen LogP contribution in [-0.2, 0) is 17.1 Å². The fourth-order valence-electron chi connectivity index (χ4n) is 3.94. The molecule has 0 fully saturated rings. The van der Waals surface area contributed by atoms with Gasteiger partial charge >= 0.3 is 5.97 Å². The van der Waals surface area contributed by atoms with Crippen molar-refractivity contribution in [1.29, 1.82) is 5.26 Å². The predicted molar refractivity (Wildman–Crippen MR) is 150 cm³/mol. The molecule has 2 N–H and O–H groups in total. The molecule has 1 atom stereocenters. The molecular weight excluding hydrogens is 486 g/mol. The number of fused-ring (bicyclic) bond motifs is 1. The van der Waals surface area contributed by atoms with Gasteiger partial charge in [-0.2, -0.15) is 5.26 Å². The Morgan fingerprint density at radius 3 is 2.76 bits per heavy atom. The Balaban J connectivity index is 2.03. The van der Waals surface area contributed by atoms with E-state index in [2.05, 4.69) is 24.0 Å². The number of carbonyl (C=O) groups is 1. The van der Waals surface area contributed by atoms with Gasteiger partial charge in [-0.1, -0.05) is 61.2 Å². The fourth-order valence-corrected chi connectivity index (χ4v) is 4.10. The van der Waals surface area contributed by atoms with Crippen LogP contribution in [0.4, 0.5) is 5.69 Å². The minimum Gasteiger partial charge on any atom is -0.494 e. The zero-order valence-corrected chi connectivity index (χ0v) is 21.8. The molecule has 1 unspecified atom stereocenters. The number of pyridine rings is 1. The van der Waals surface area contributed by atoms with Crippen LogP contribution in [0.3, 0.4) is 0 Å². The Morgan fingerprint density at radius 1 is 1.30 bits per heavy atom. The second-order valence-electron chi connectivity index (χ2n) is 8.36. The van der Waals surface area contributed by atoms with Crippen LogP contribution in [0.2, 0.25) is 0 Å². The molecule has 1 heterocycles. The summed E-state index contributed by atoms with van der Waals surface area (Å²) in [5, 5.41) is 23.3. The highest BCUT2D eigenvalue weighted by molar-refractivity contribution is 6.17. The zero-order chi connectivity index (χ0) is 26.8. The molecule has 190 valence electrons. The molecule has 0 saturated heterocycles. The summed E-state index contributed by atoms with van der Waals surface area (Å²) in [4.78, 5) is 16.4. The summed E-state index contributed by atoms with van der Waals surface area (Å²) >= 11 is 6.05. The molecule has 0 aliphatic rings. The molecule has 1 aromatic heterocycles. The monoisotopic (exact) mass is 515 g/mol. The first kappa shape index (κ1) is 27.5. The number of carboxylic acid groups (broad SMARTS) is 1. The minimum atomic E-state index is -1.02. The summed E-state index contributed by atoms with van der Waals surface area (Å²) in [5.41, 5.74) is 4.55. The van der Waals surface area contributed by atoms with Gasteiger partial charge in [-0.3, -0.25) is 4.79 Å². The molecule has 0 aliphatic heterocycles. The largest absolute Gasteiger partial charge is 0.494 e. The Labute approximate surface area is 222 Å². The van der Waals surface area contributed by atoms with E-state index in [0.717, 1.165) is 22.4 Å². The Bertz CT molecular complexity index is 1390. The lowest BCUT2D eigenvalue weighted by atomic mass is 9.97. The van der Waals surface area contributed by atoms with Gasteiger partial charge in [0.05, 0.1) is 23.5 Å². The molecular formula is C30H30ClN3O3. The number of halogens is 1. The van der Waals surface area contributed by atoms with Crippen molar-refractivity contribution < 1.29 is 14.6 Å². The van der Waals surface area contributed by atoms with E-state index in [9.17, 15) is 15.2 Å². The summed E-state index contributed by atoms with van der Waals surface area (Å²) < 4.78 is 5.71. The van der Waals surface area contributed by atoms with Crippen molar-refractivity contribution >= 4 is 39.7 Å². The lowest BCUT2D eigenvalue weighted by Gasteiger charge is -2.18. The van der Waals surface area contributed by atoms with E-state index in [1.54, 1.807) is 6.08 Å². The maximum Gasteiger partial charge on any atom is 0.325 e. The SMILES string of the molecule is C=C/C=C(\C/C=C\Cc1ccccc1OCC)c1nc2cc(CCl)ccc2c(NC(C)C(=O)O)c1C#N. The van der Waals surface area contributed by atoms with Gasteiger partial charge in [0, 0.05) is 11.3 Å². The smallest absolute Gasteiger partial charge is 0.325 e. The molecule has 0 saturated carbocycles. The van der Waals surface area contributed by atoms with E-state index < -0.39 is 12.0 Å². The van der Waals surface area contributed by atoms with Crippen molar-refractivity contribution in [2.24, 2.45) is 0 Å². The number of para-hydroxylation sites is 1. The molecule has 3 rings (SSSR count). The molecule has 2 aromatic carbocycles. The summed E-state index contributed by atoms with van der Waals surface area (Å²) in [6, 6.07) is 14.8. The number of anilines is 1. The number of rotatable bonds is 12. The van der Waals surface area contributed by atoms with E-state index in [1.807, 2.05) is 61.5 Å². The molecule has 0 bridgehead atoms. The number of aromatic nitrogens is 1. The second kappa shape index (κ2) is 13.3. The Morgan fingerprint density at radius 2 is 2.08 bits per heavy atom. The van der Waals surface area contributed by atoms with Gasteiger partial charge in [0.2, 0.25) is 0 Å². The standard InChI is InChI=1S/C30H30ClN3O3/c1-4-10-23(13-7-6-11-22-12-8-9-14-27(22)37-5-2)28-25(19-32)29(33-20(3)30(35)36)24-16-15-21(18-31)17-26(24)34-28/h4,6-10,12,14-17,20H,1,5,11,13,18H2,2-3H3,(H,33,34)(H,35,36)/b7-6-,23-10+. The van der Waals surface area contributed by atoms with Crippen LogP contribution in [0, 0.1) is 11.3 Å². The van der Waals surface area contributed by atoms with E-state index in [4.69, 9.17) is 21.3 Å². The molecule has 3 aromatic rings. The first-order valence-corrected chi connectivity index (χ1v) is 12.6. The van der Waals surface area contributed by atoms with Gasteiger partial charge in [0.15, 0.2) is 0 Å². The number of benzene rings is 2. The maximum absolute atomic E-state index is 11.6.